The second-order valence-electron chi connectivity index (χ2n) is 3.55. The van der Waals surface area contributed by atoms with Crippen LogP contribution in [0.15, 0.2) is 34.9 Å². The summed E-state index contributed by atoms with van der Waals surface area (Å²) >= 11 is 0. The molecule has 0 bridgehead atoms. The molecule has 0 fully saturated rings. The van der Waals surface area contributed by atoms with Crippen molar-refractivity contribution in [1.82, 2.24) is 15.5 Å². The molecule has 0 aliphatic rings. The predicted molar refractivity (Wildman–Crippen MR) is 63.3 cm³/mol. The van der Waals surface area contributed by atoms with E-state index in [2.05, 4.69) is 15.5 Å². The van der Waals surface area contributed by atoms with Crippen LogP contribution in [-0.4, -0.2) is 30.4 Å². The molecule has 0 aliphatic heterocycles. The van der Waals surface area contributed by atoms with E-state index in [0.717, 1.165) is 12.1 Å². The summed E-state index contributed by atoms with van der Waals surface area (Å²) in [5.74, 6) is 1.20. The summed E-state index contributed by atoms with van der Waals surface area (Å²) in [6.07, 6.45) is 0. The second kappa shape index (κ2) is 6.12. The van der Waals surface area contributed by atoms with E-state index >= 15 is 0 Å². The lowest BCUT2D eigenvalue weighted by molar-refractivity contribution is 0.197. The van der Waals surface area contributed by atoms with Crippen LogP contribution in [0.4, 0.5) is 0 Å². The number of rotatable bonds is 6. The quantitative estimate of drug-likeness (QED) is 0.766. The van der Waals surface area contributed by atoms with Gasteiger partial charge in [-0.1, -0.05) is 35.5 Å². The summed E-state index contributed by atoms with van der Waals surface area (Å²) in [5.41, 5.74) is 0.958. The Morgan fingerprint density at radius 2 is 2.12 bits per heavy atom. The lowest BCUT2D eigenvalue weighted by Gasteiger charge is -1.98. The van der Waals surface area contributed by atoms with Gasteiger partial charge in [-0.15, -0.1) is 0 Å². The molecular formula is C12H15N3O2. The van der Waals surface area contributed by atoms with Crippen LogP contribution in [0.3, 0.4) is 0 Å². The molecule has 2 rings (SSSR count). The number of nitrogens with one attached hydrogen (secondary N) is 1. The molecule has 0 radical (unpaired) electrons. The first-order valence-electron chi connectivity index (χ1n) is 5.48. The maximum absolute atomic E-state index is 5.13. The molecule has 1 aromatic heterocycles. The topological polar surface area (TPSA) is 60.2 Å². The van der Waals surface area contributed by atoms with Gasteiger partial charge >= 0.3 is 0 Å². The third-order valence-corrected chi connectivity index (χ3v) is 2.26. The van der Waals surface area contributed by atoms with Gasteiger partial charge in [-0.2, -0.15) is 4.98 Å². The lowest BCUT2D eigenvalue weighted by Crippen LogP contribution is -2.18. The highest BCUT2D eigenvalue weighted by atomic mass is 16.5. The number of aromatic nitrogens is 2. The van der Waals surface area contributed by atoms with Crippen molar-refractivity contribution in [1.29, 1.82) is 0 Å². The van der Waals surface area contributed by atoms with Crippen molar-refractivity contribution >= 4 is 0 Å². The third-order valence-electron chi connectivity index (χ3n) is 2.26. The number of benzene rings is 1. The average Bonchev–Trinajstić information content (AvgIpc) is 2.85. The van der Waals surface area contributed by atoms with Crippen LogP contribution in [0.25, 0.3) is 11.4 Å². The summed E-state index contributed by atoms with van der Waals surface area (Å²) in [5, 5.41) is 7.07. The lowest BCUT2D eigenvalue weighted by atomic mass is 10.2. The van der Waals surface area contributed by atoms with E-state index in [9.17, 15) is 0 Å². The molecule has 5 nitrogen and oxygen atoms in total. The van der Waals surface area contributed by atoms with Gasteiger partial charge in [-0.05, 0) is 0 Å². The number of hydrogen-bond acceptors (Lipinski definition) is 5. The van der Waals surface area contributed by atoms with E-state index in [1.165, 1.54) is 0 Å². The van der Waals surface area contributed by atoms with Gasteiger partial charge in [0.2, 0.25) is 11.7 Å². The highest BCUT2D eigenvalue weighted by Gasteiger charge is 2.06. The van der Waals surface area contributed by atoms with Crippen LogP contribution in [-0.2, 0) is 11.3 Å². The van der Waals surface area contributed by atoms with E-state index < -0.39 is 0 Å². The minimum atomic E-state index is 0.559. The molecular weight excluding hydrogens is 218 g/mol. The molecule has 17 heavy (non-hydrogen) atoms. The largest absolute Gasteiger partial charge is 0.383 e. The minimum Gasteiger partial charge on any atom is -0.383 e. The fourth-order valence-corrected chi connectivity index (χ4v) is 1.40. The molecule has 0 amide bonds. The van der Waals surface area contributed by atoms with Gasteiger partial charge in [-0.25, -0.2) is 0 Å². The molecule has 5 heteroatoms. The number of hydrogen-bond donors (Lipinski definition) is 1. The summed E-state index contributed by atoms with van der Waals surface area (Å²) in [6.45, 7) is 1.99. The van der Waals surface area contributed by atoms with Gasteiger partial charge in [-0.3, -0.25) is 0 Å². The zero-order valence-electron chi connectivity index (χ0n) is 9.72. The van der Waals surface area contributed by atoms with E-state index in [1.807, 2.05) is 30.3 Å². The highest BCUT2D eigenvalue weighted by Crippen LogP contribution is 2.14. The van der Waals surface area contributed by atoms with Gasteiger partial charge < -0.3 is 14.6 Å². The van der Waals surface area contributed by atoms with Gasteiger partial charge in [0.25, 0.3) is 0 Å². The molecule has 1 heterocycles. The van der Waals surface area contributed by atoms with Crippen LogP contribution in [0.5, 0.6) is 0 Å². The number of nitrogens with zero attached hydrogens (tertiary/aromatic N) is 2. The zero-order valence-corrected chi connectivity index (χ0v) is 9.72. The average molecular weight is 233 g/mol. The van der Waals surface area contributed by atoms with Crippen LogP contribution in [0.2, 0.25) is 0 Å². The molecule has 1 N–H and O–H groups in total. The molecule has 0 saturated carbocycles. The molecule has 0 spiro atoms. The number of ether oxygens (including phenoxy) is 1. The van der Waals surface area contributed by atoms with Crippen molar-refractivity contribution in [3.8, 4) is 11.4 Å². The Morgan fingerprint density at radius 1 is 1.29 bits per heavy atom. The van der Waals surface area contributed by atoms with Crippen LogP contribution in [0, 0.1) is 0 Å². The van der Waals surface area contributed by atoms with Crippen molar-refractivity contribution in [2.75, 3.05) is 20.3 Å². The Bertz CT molecular complexity index is 442. The van der Waals surface area contributed by atoms with E-state index in [0.29, 0.717) is 24.9 Å². The van der Waals surface area contributed by atoms with Crippen molar-refractivity contribution in [2.45, 2.75) is 6.54 Å². The molecule has 1 aromatic carbocycles. The van der Waals surface area contributed by atoms with E-state index in [4.69, 9.17) is 9.26 Å². The SMILES string of the molecule is COCCNCc1nc(-c2ccccc2)no1. The first-order valence-corrected chi connectivity index (χ1v) is 5.48. The van der Waals surface area contributed by atoms with Gasteiger partial charge in [0, 0.05) is 19.2 Å². The minimum absolute atomic E-state index is 0.559. The third kappa shape index (κ3) is 3.37. The van der Waals surface area contributed by atoms with Gasteiger partial charge in [0.15, 0.2) is 0 Å². The Balaban J connectivity index is 1.92. The molecule has 0 saturated heterocycles. The first kappa shape index (κ1) is 11.8. The predicted octanol–water partition coefficient (Wildman–Crippen LogP) is 1.47. The standard InChI is InChI=1S/C12H15N3O2/c1-16-8-7-13-9-11-14-12(15-17-11)10-5-3-2-4-6-10/h2-6,13H,7-9H2,1H3. The molecule has 2 aromatic rings. The molecule has 0 atom stereocenters. The van der Waals surface area contributed by atoms with Gasteiger partial charge in [0.05, 0.1) is 13.2 Å². The molecule has 0 unspecified atom stereocenters. The summed E-state index contributed by atoms with van der Waals surface area (Å²) in [7, 11) is 1.67. The van der Waals surface area contributed by atoms with Crippen LogP contribution < -0.4 is 5.32 Å². The van der Waals surface area contributed by atoms with Crippen molar-refractivity contribution in [3.63, 3.8) is 0 Å². The normalized spacial score (nSPS) is 10.6. The van der Waals surface area contributed by atoms with Crippen molar-refractivity contribution < 1.29 is 9.26 Å². The van der Waals surface area contributed by atoms with Crippen LogP contribution >= 0.6 is 0 Å². The van der Waals surface area contributed by atoms with E-state index in [1.54, 1.807) is 7.11 Å². The van der Waals surface area contributed by atoms with Gasteiger partial charge in [0.1, 0.15) is 0 Å². The van der Waals surface area contributed by atoms with Crippen LogP contribution in [0.1, 0.15) is 5.89 Å². The van der Waals surface area contributed by atoms with Crippen molar-refractivity contribution in [2.24, 2.45) is 0 Å². The summed E-state index contributed by atoms with van der Waals surface area (Å²) in [4.78, 5) is 4.30. The maximum Gasteiger partial charge on any atom is 0.240 e. The fraction of sp³-hybridized carbons (Fsp3) is 0.333. The molecule has 90 valence electrons. The monoisotopic (exact) mass is 233 g/mol. The second-order valence-corrected chi connectivity index (χ2v) is 3.55. The fourth-order valence-electron chi connectivity index (χ4n) is 1.40. The summed E-state index contributed by atoms with van der Waals surface area (Å²) < 4.78 is 10.1. The summed E-state index contributed by atoms with van der Waals surface area (Å²) in [6, 6.07) is 9.75. The highest BCUT2D eigenvalue weighted by molar-refractivity contribution is 5.53. The zero-order chi connectivity index (χ0) is 11.9. The molecule has 0 aliphatic carbocycles. The smallest absolute Gasteiger partial charge is 0.240 e. The first-order chi connectivity index (χ1) is 8.40. The number of methoxy groups -OCH3 is 1. The van der Waals surface area contributed by atoms with E-state index in [-0.39, 0.29) is 0 Å². The Hall–Kier alpha value is -1.72. The maximum atomic E-state index is 5.13. The Labute approximate surface area is 99.8 Å². The Morgan fingerprint density at radius 3 is 2.88 bits per heavy atom. The van der Waals surface area contributed by atoms with Crippen molar-refractivity contribution in [3.05, 3.63) is 36.2 Å². The Kier molecular flexibility index (Phi) is 4.23.